The number of aliphatic hydroxyl groups excluding tert-OH is 1. The molecule has 1 aliphatic rings. The molecule has 104 valence electrons. The zero-order valence-electron chi connectivity index (χ0n) is 9.85. The molecule has 0 saturated carbocycles. The molecule has 3 N–H and O–H groups in total. The second-order valence-electron chi connectivity index (χ2n) is 4.29. The Morgan fingerprint density at radius 1 is 1.37 bits per heavy atom. The third-order valence-electron chi connectivity index (χ3n) is 2.96. The smallest absolute Gasteiger partial charge is 0.339 e. The molecule has 1 heterocycles. The lowest BCUT2D eigenvalue weighted by atomic mass is 10.2. The quantitative estimate of drug-likeness (QED) is 0.712. The van der Waals surface area contributed by atoms with Crippen molar-refractivity contribution in [3.8, 4) is 5.75 Å². The minimum atomic E-state index is -3.85. The average Bonchev–Trinajstić information content (AvgIpc) is 2.76. The van der Waals surface area contributed by atoms with Gasteiger partial charge in [-0.05, 0) is 24.6 Å². The maximum atomic E-state index is 12.2. The zero-order chi connectivity index (χ0) is 14.2. The molecule has 0 aromatic heterocycles. The van der Waals surface area contributed by atoms with E-state index in [4.69, 9.17) is 5.11 Å². The van der Waals surface area contributed by atoms with Crippen LogP contribution in [0, 0.1) is 0 Å². The number of benzene rings is 1. The van der Waals surface area contributed by atoms with Crippen LogP contribution in [-0.4, -0.2) is 53.2 Å². The summed E-state index contributed by atoms with van der Waals surface area (Å²) in [6, 6.07) is 3.09. The predicted octanol–water partition coefficient (Wildman–Crippen LogP) is -0.154. The molecule has 7 nitrogen and oxygen atoms in total. The lowest BCUT2D eigenvalue weighted by molar-refractivity contribution is 0.0693. The van der Waals surface area contributed by atoms with E-state index in [-0.39, 0.29) is 18.0 Å². The highest BCUT2D eigenvalue weighted by Gasteiger charge is 2.32. The van der Waals surface area contributed by atoms with Gasteiger partial charge in [-0.2, -0.15) is 4.31 Å². The number of rotatable bonds is 3. The van der Waals surface area contributed by atoms with Crippen LogP contribution in [0.3, 0.4) is 0 Å². The zero-order valence-corrected chi connectivity index (χ0v) is 10.7. The molecule has 1 fully saturated rings. The molecule has 1 aliphatic heterocycles. The average molecular weight is 287 g/mol. The number of aromatic hydroxyl groups is 1. The van der Waals surface area contributed by atoms with Crippen LogP contribution in [0.15, 0.2) is 23.1 Å². The van der Waals surface area contributed by atoms with Crippen LogP contribution in [0.2, 0.25) is 0 Å². The number of hydrogen-bond acceptors (Lipinski definition) is 5. The fraction of sp³-hybridized carbons (Fsp3) is 0.364. The summed E-state index contributed by atoms with van der Waals surface area (Å²) in [6.45, 7) is 0.179. The van der Waals surface area contributed by atoms with Gasteiger partial charge in [0, 0.05) is 13.1 Å². The molecule has 1 aromatic carbocycles. The van der Waals surface area contributed by atoms with Gasteiger partial charge >= 0.3 is 5.97 Å². The molecule has 1 atom stereocenters. The van der Waals surface area contributed by atoms with Gasteiger partial charge in [0.25, 0.3) is 0 Å². The van der Waals surface area contributed by atoms with Gasteiger partial charge in [0.1, 0.15) is 11.3 Å². The van der Waals surface area contributed by atoms with Crippen molar-refractivity contribution in [1.29, 1.82) is 0 Å². The maximum Gasteiger partial charge on any atom is 0.339 e. The molecule has 0 spiro atoms. The van der Waals surface area contributed by atoms with Gasteiger partial charge in [-0.1, -0.05) is 0 Å². The van der Waals surface area contributed by atoms with Crippen LogP contribution in [0.5, 0.6) is 5.75 Å². The van der Waals surface area contributed by atoms with E-state index in [2.05, 4.69) is 0 Å². The minimum Gasteiger partial charge on any atom is -0.507 e. The van der Waals surface area contributed by atoms with Crippen LogP contribution in [-0.2, 0) is 10.0 Å². The first-order valence-corrected chi connectivity index (χ1v) is 7.01. The molecule has 0 unspecified atom stereocenters. The number of aliphatic hydroxyl groups is 1. The molecule has 0 amide bonds. The van der Waals surface area contributed by atoms with E-state index in [0.29, 0.717) is 6.42 Å². The Hall–Kier alpha value is -1.64. The fourth-order valence-electron chi connectivity index (χ4n) is 1.92. The second-order valence-corrected chi connectivity index (χ2v) is 6.23. The first-order valence-electron chi connectivity index (χ1n) is 5.57. The summed E-state index contributed by atoms with van der Waals surface area (Å²) in [4.78, 5) is 10.7. The number of sulfonamides is 1. The van der Waals surface area contributed by atoms with Gasteiger partial charge < -0.3 is 15.3 Å². The summed E-state index contributed by atoms with van der Waals surface area (Å²) in [5.41, 5.74) is -0.471. The van der Waals surface area contributed by atoms with Crippen molar-refractivity contribution in [2.75, 3.05) is 13.1 Å². The van der Waals surface area contributed by atoms with Crippen molar-refractivity contribution in [3.05, 3.63) is 23.8 Å². The molecule has 0 bridgehead atoms. The van der Waals surface area contributed by atoms with Crippen molar-refractivity contribution in [3.63, 3.8) is 0 Å². The summed E-state index contributed by atoms with van der Waals surface area (Å²) >= 11 is 0. The van der Waals surface area contributed by atoms with E-state index in [1.54, 1.807) is 0 Å². The summed E-state index contributed by atoms with van der Waals surface area (Å²) in [5.74, 6) is -1.90. The normalized spacial score (nSPS) is 20.6. The van der Waals surface area contributed by atoms with Crippen LogP contribution < -0.4 is 0 Å². The molecule has 19 heavy (non-hydrogen) atoms. The summed E-state index contributed by atoms with van der Waals surface area (Å²) in [7, 11) is -3.85. The standard InChI is InChI=1S/C11H13NO6S/c13-7-3-4-12(6-7)19(17,18)8-1-2-10(14)9(5-8)11(15)16/h1-2,5,7,13-14H,3-4,6H2,(H,15,16)/t7-/m0/s1. The van der Waals surface area contributed by atoms with Gasteiger partial charge in [-0.25, -0.2) is 13.2 Å². The maximum absolute atomic E-state index is 12.2. The topological polar surface area (TPSA) is 115 Å². The van der Waals surface area contributed by atoms with Crippen molar-refractivity contribution in [1.82, 2.24) is 4.31 Å². The van der Waals surface area contributed by atoms with E-state index in [1.165, 1.54) is 0 Å². The van der Waals surface area contributed by atoms with Gasteiger partial charge in [-0.15, -0.1) is 0 Å². The van der Waals surface area contributed by atoms with Crippen molar-refractivity contribution in [2.24, 2.45) is 0 Å². The van der Waals surface area contributed by atoms with Crippen LogP contribution in [0.25, 0.3) is 0 Å². The van der Waals surface area contributed by atoms with Gasteiger partial charge in [0.2, 0.25) is 10.0 Å². The molecule has 0 aliphatic carbocycles. The van der Waals surface area contributed by atoms with E-state index in [0.717, 1.165) is 22.5 Å². The van der Waals surface area contributed by atoms with E-state index in [1.807, 2.05) is 0 Å². The number of hydrogen-bond donors (Lipinski definition) is 3. The van der Waals surface area contributed by atoms with Crippen LogP contribution in [0.4, 0.5) is 0 Å². The Labute approximate surface area is 109 Å². The van der Waals surface area contributed by atoms with Crippen LogP contribution >= 0.6 is 0 Å². The van der Waals surface area contributed by atoms with E-state index >= 15 is 0 Å². The Kier molecular flexibility index (Phi) is 3.48. The predicted molar refractivity (Wildman–Crippen MR) is 64.4 cm³/mol. The Morgan fingerprint density at radius 3 is 2.58 bits per heavy atom. The van der Waals surface area contributed by atoms with Gasteiger partial charge in [-0.3, -0.25) is 0 Å². The molecule has 1 saturated heterocycles. The Balaban J connectivity index is 2.41. The van der Waals surface area contributed by atoms with Crippen molar-refractivity contribution >= 4 is 16.0 Å². The molecule has 8 heteroatoms. The number of β-amino-alcohol motifs (C(OH)–C–C–N with tert-alkyl or cyclic N) is 1. The molecule has 1 aromatic rings. The van der Waals surface area contributed by atoms with E-state index < -0.39 is 33.4 Å². The number of nitrogens with zero attached hydrogens (tertiary/aromatic N) is 1. The number of carboxylic acids is 1. The highest BCUT2D eigenvalue weighted by molar-refractivity contribution is 7.89. The Bertz CT molecular complexity index is 612. The highest BCUT2D eigenvalue weighted by Crippen LogP contribution is 2.25. The van der Waals surface area contributed by atoms with Gasteiger partial charge in [0.15, 0.2) is 0 Å². The number of phenols is 1. The largest absolute Gasteiger partial charge is 0.507 e. The number of carboxylic acid groups (broad SMARTS) is 1. The lowest BCUT2D eigenvalue weighted by Gasteiger charge is -2.16. The van der Waals surface area contributed by atoms with Crippen LogP contribution in [0.1, 0.15) is 16.8 Å². The first-order chi connectivity index (χ1) is 8.82. The van der Waals surface area contributed by atoms with E-state index in [9.17, 15) is 23.4 Å². The second kappa shape index (κ2) is 4.80. The highest BCUT2D eigenvalue weighted by atomic mass is 32.2. The van der Waals surface area contributed by atoms with Gasteiger partial charge in [0.05, 0.1) is 11.0 Å². The fourth-order valence-corrected chi connectivity index (χ4v) is 3.44. The number of carbonyl (C=O) groups is 1. The summed E-state index contributed by atoms with van der Waals surface area (Å²) in [5, 5.41) is 27.6. The lowest BCUT2D eigenvalue weighted by Crippen LogP contribution is -2.29. The third kappa shape index (κ3) is 2.55. The molecular weight excluding hydrogens is 274 g/mol. The van der Waals surface area contributed by atoms with Crippen molar-refractivity contribution < 1.29 is 28.5 Å². The molecule has 0 radical (unpaired) electrons. The molecular formula is C11H13NO6S. The minimum absolute atomic E-state index is 0.00832. The summed E-state index contributed by atoms with van der Waals surface area (Å²) in [6.07, 6.45) is -0.353. The Morgan fingerprint density at radius 2 is 2.05 bits per heavy atom. The SMILES string of the molecule is O=C(O)c1cc(S(=O)(=O)N2CC[C@H](O)C2)ccc1O. The number of aromatic carboxylic acids is 1. The third-order valence-corrected chi connectivity index (χ3v) is 4.82. The first kappa shape index (κ1) is 13.8. The monoisotopic (exact) mass is 287 g/mol. The molecule has 2 rings (SSSR count). The summed E-state index contributed by atoms with van der Waals surface area (Å²) < 4.78 is 25.5. The van der Waals surface area contributed by atoms with Crippen molar-refractivity contribution in [2.45, 2.75) is 17.4 Å².